The Bertz CT molecular complexity index is 383. The first-order valence-electron chi connectivity index (χ1n) is 6.59. The van der Waals surface area contributed by atoms with E-state index in [0.717, 1.165) is 37.7 Å². The van der Waals surface area contributed by atoms with Gasteiger partial charge in [-0.2, -0.15) is 5.10 Å². The smallest absolute Gasteiger partial charge is 0.0689 e. The SMILES string of the molecule is Cn1cc(CC2(O)CCCC(C)(C)CC2)cn1. The second-order valence-corrected chi connectivity index (χ2v) is 6.44. The van der Waals surface area contributed by atoms with Gasteiger partial charge in [-0.15, -0.1) is 0 Å². The number of hydrogen-bond donors (Lipinski definition) is 1. The number of rotatable bonds is 2. The fraction of sp³-hybridized carbons (Fsp3) is 0.786. The summed E-state index contributed by atoms with van der Waals surface area (Å²) in [6.07, 6.45) is 9.93. The predicted molar refractivity (Wildman–Crippen MR) is 68.7 cm³/mol. The van der Waals surface area contributed by atoms with Crippen LogP contribution in [0.2, 0.25) is 0 Å². The summed E-state index contributed by atoms with van der Waals surface area (Å²) >= 11 is 0. The van der Waals surface area contributed by atoms with E-state index in [-0.39, 0.29) is 0 Å². The molecule has 0 spiro atoms. The van der Waals surface area contributed by atoms with Gasteiger partial charge in [-0.1, -0.05) is 20.3 Å². The molecule has 0 saturated heterocycles. The predicted octanol–water partition coefficient (Wildman–Crippen LogP) is 2.68. The van der Waals surface area contributed by atoms with Crippen LogP contribution in [0, 0.1) is 5.41 Å². The molecule has 1 heterocycles. The van der Waals surface area contributed by atoms with E-state index >= 15 is 0 Å². The van der Waals surface area contributed by atoms with Crippen molar-refractivity contribution in [2.24, 2.45) is 12.5 Å². The lowest BCUT2D eigenvalue weighted by Gasteiger charge is -2.27. The van der Waals surface area contributed by atoms with Crippen LogP contribution < -0.4 is 0 Å². The van der Waals surface area contributed by atoms with Gasteiger partial charge in [0.25, 0.3) is 0 Å². The van der Waals surface area contributed by atoms with Crippen molar-refractivity contribution in [1.29, 1.82) is 0 Å². The highest BCUT2D eigenvalue weighted by atomic mass is 16.3. The van der Waals surface area contributed by atoms with Crippen LogP contribution >= 0.6 is 0 Å². The van der Waals surface area contributed by atoms with Gasteiger partial charge in [0.05, 0.1) is 11.8 Å². The molecule has 0 bridgehead atoms. The summed E-state index contributed by atoms with van der Waals surface area (Å²) in [5.41, 5.74) is 1.02. The van der Waals surface area contributed by atoms with Gasteiger partial charge >= 0.3 is 0 Å². The molecular weight excluding hydrogens is 212 g/mol. The van der Waals surface area contributed by atoms with Crippen molar-refractivity contribution < 1.29 is 5.11 Å². The first-order valence-corrected chi connectivity index (χ1v) is 6.59. The minimum absolute atomic E-state index is 0.388. The van der Waals surface area contributed by atoms with Crippen molar-refractivity contribution in [3.8, 4) is 0 Å². The van der Waals surface area contributed by atoms with Crippen LogP contribution in [0.1, 0.15) is 51.5 Å². The number of nitrogens with zero attached hydrogens (tertiary/aromatic N) is 2. The molecule has 96 valence electrons. The van der Waals surface area contributed by atoms with Crippen LogP contribution in [0.4, 0.5) is 0 Å². The number of aryl methyl sites for hydroxylation is 1. The third kappa shape index (κ3) is 3.32. The second-order valence-electron chi connectivity index (χ2n) is 6.44. The summed E-state index contributed by atoms with van der Waals surface area (Å²) < 4.78 is 1.80. The molecule has 1 fully saturated rings. The van der Waals surface area contributed by atoms with Gasteiger partial charge < -0.3 is 5.11 Å². The molecule has 1 aliphatic carbocycles. The van der Waals surface area contributed by atoms with E-state index in [1.54, 1.807) is 4.68 Å². The normalized spacial score (nSPS) is 28.9. The molecule has 17 heavy (non-hydrogen) atoms. The summed E-state index contributed by atoms with van der Waals surface area (Å²) in [6, 6.07) is 0. The molecular formula is C14H24N2O. The molecule has 1 aliphatic rings. The molecule has 0 amide bonds. The Morgan fingerprint density at radius 3 is 2.71 bits per heavy atom. The summed E-state index contributed by atoms with van der Waals surface area (Å²) in [6.45, 7) is 4.62. The molecule has 0 radical (unpaired) electrons. The van der Waals surface area contributed by atoms with E-state index in [9.17, 15) is 5.11 Å². The molecule has 0 aliphatic heterocycles. The lowest BCUT2D eigenvalue weighted by Crippen LogP contribution is -2.30. The zero-order chi connectivity index (χ0) is 12.5. The standard InChI is InChI=1S/C14H24N2O/c1-13(2)5-4-6-14(17,8-7-13)9-12-10-15-16(3)11-12/h10-11,17H,4-9H2,1-3H3. The maximum atomic E-state index is 10.7. The first-order chi connectivity index (χ1) is 7.89. The van der Waals surface area contributed by atoms with E-state index in [2.05, 4.69) is 18.9 Å². The molecule has 3 nitrogen and oxygen atoms in total. The van der Waals surface area contributed by atoms with Crippen molar-refractivity contribution in [1.82, 2.24) is 9.78 Å². The van der Waals surface area contributed by atoms with Gasteiger partial charge in [-0.05, 0) is 36.7 Å². The van der Waals surface area contributed by atoms with Crippen molar-refractivity contribution >= 4 is 0 Å². The number of hydrogen-bond acceptors (Lipinski definition) is 2. The third-order valence-corrected chi connectivity index (χ3v) is 4.05. The maximum absolute atomic E-state index is 10.7. The lowest BCUT2D eigenvalue weighted by molar-refractivity contribution is 0.0226. The molecule has 2 rings (SSSR count). The fourth-order valence-electron chi connectivity index (χ4n) is 2.84. The topological polar surface area (TPSA) is 38.0 Å². The number of aliphatic hydroxyl groups is 1. The zero-order valence-electron chi connectivity index (χ0n) is 11.2. The van der Waals surface area contributed by atoms with Gasteiger partial charge in [0.1, 0.15) is 0 Å². The Labute approximate surface area is 104 Å². The van der Waals surface area contributed by atoms with Gasteiger partial charge in [0.15, 0.2) is 0 Å². The van der Waals surface area contributed by atoms with E-state index < -0.39 is 5.60 Å². The average molecular weight is 236 g/mol. The average Bonchev–Trinajstić information content (AvgIpc) is 2.55. The molecule has 1 N–H and O–H groups in total. The minimum atomic E-state index is -0.517. The molecule has 1 aromatic rings. The largest absolute Gasteiger partial charge is 0.390 e. The third-order valence-electron chi connectivity index (χ3n) is 4.05. The molecule has 1 atom stereocenters. The molecule has 1 unspecified atom stereocenters. The summed E-state index contributed by atoms with van der Waals surface area (Å²) in [5, 5.41) is 14.9. The molecule has 1 aromatic heterocycles. The van der Waals surface area contributed by atoms with Crippen LogP contribution in [0.3, 0.4) is 0 Å². The number of aromatic nitrogens is 2. The first kappa shape index (κ1) is 12.6. The Balaban J connectivity index is 2.03. The van der Waals surface area contributed by atoms with Crippen molar-refractivity contribution in [3.63, 3.8) is 0 Å². The highest BCUT2D eigenvalue weighted by molar-refractivity contribution is 5.08. The minimum Gasteiger partial charge on any atom is -0.390 e. The van der Waals surface area contributed by atoms with Gasteiger partial charge in [-0.25, -0.2) is 0 Å². The van der Waals surface area contributed by atoms with Crippen molar-refractivity contribution in [2.75, 3.05) is 0 Å². The van der Waals surface area contributed by atoms with Crippen LogP contribution in [-0.2, 0) is 13.5 Å². The van der Waals surface area contributed by atoms with Crippen LogP contribution in [0.25, 0.3) is 0 Å². The highest BCUT2D eigenvalue weighted by Gasteiger charge is 2.34. The van der Waals surface area contributed by atoms with Crippen LogP contribution in [0.5, 0.6) is 0 Å². The highest BCUT2D eigenvalue weighted by Crippen LogP contribution is 2.39. The Kier molecular flexibility index (Phi) is 3.30. The van der Waals surface area contributed by atoms with Crippen molar-refractivity contribution in [2.45, 2.75) is 58.0 Å². The molecule has 0 aromatic carbocycles. The Hall–Kier alpha value is -0.830. The van der Waals surface area contributed by atoms with Gasteiger partial charge in [0.2, 0.25) is 0 Å². The fourth-order valence-corrected chi connectivity index (χ4v) is 2.84. The van der Waals surface area contributed by atoms with E-state index in [1.165, 1.54) is 6.42 Å². The summed E-state index contributed by atoms with van der Waals surface area (Å²) in [7, 11) is 1.92. The van der Waals surface area contributed by atoms with E-state index in [4.69, 9.17) is 0 Å². The molecule has 3 heteroatoms. The summed E-state index contributed by atoms with van der Waals surface area (Å²) in [5.74, 6) is 0. The quantitative estimate of drug-likeness (QED) is 0.802. The molecule has 1 saturated carbocycles. The van der Waals surface area contributed by atoms with Crippen LogP contribution in [0.15, 0.2) is 12.4 Å². The Morgan fingerprint density at radius 2 is 2.06 bits per heavy atom. The van der Waals surface area contributed by atoms with E-state index in [0.29, 0.717) is 5.41 Å². The summed E-state index contributed by atoms with van der Waals surface area (Å²) in [4.78, 5) is 0. The van der Waals surface area contributed by atoms with E-state index in [1.807, 2.05) is 19.4 Å². The van der Waals surface area contributed by atoms with Gasteiger partial charge in [0, 0.05) is 19.7 Å². The monoisotopic (exact) mass is 236 g/mol. The maximum Gasteiger partial charge on any atom is 0.0689 e. The lowest BCUT2D eigenvalue weighted by atomic mass is 9.83. The Morgan fingerprint density at radius 1 is 1.29 bits per heavy atom. The van der Waals surface area contributed by atoms with Crippen LogP contribution in [-0.4, -0.2) is 20.5 Å². The second kappa shape index (κ2) is 4.45. The van der Waals surface area contributed by atoms with Crippen molar-refractivity contribution in [3.05, 3.63) is 18.0 Å². The van der Waals surface area contributed by atoms with Gasteiger partial charge in [-0.3, -0.25) is 4.68 Å². The zero-order valence-corrected chi connectivity index (χ0v) is 11.2.